The second kappa shape index (κ2) is 5.29. The minimum Gasteiger partial charge on any atom is -0.393 e. The molecule has 0 saturated carbocycles. The molecule has 6 heteroatoms. The van der Waals surface area contributed by atoms with E-state index in [1.807, 2.05) is 0 Å². The summed E-state index contributed by atoms with van der Waals surface area (Å²) in [5, 5.41) is 14.8. The Labute approximate surface area is 121 Å². The molecular weight excluding hydrogens is 270 g/mol. The number of hydrogen-bond donors (Lipinski definition) is 1. The number of aryl methyl sites for hydroxylation is 1. The highest BCUT2D eigenvalue weighted by Gasteiger charge is 2.25. The Balaban J connectivity index is 2.06. The lowest BCUT2D eigenvalue weighted by Crippen LogP contribution is -2.41. The number of benzene rings is 1. The first-order chi connectivity index (χ1) is 10.1. The summed E-state index contributed by atoms with van der Waals surface area (Å²) in [6.07, 6.45) is 0.823. The molecule has 6 nitrogen and oxygen atoms in total. The van der Waals surface area contributed by atoms with Crippen LogP contribution in [0.15, 0.2) is 29.1 Å². The highest BCUT2D eigenvalue weighted by Crippen LogP contribution is 2.18. The second-order valence-corrected chi connectivity index (χ2v) is 5.35. The largest absolute Gasteiger partial charge is 0.393 e. The molecule has 0 bridgehead atoms. The molecule has 1 amide bonds. The molecule has 2 heterocycles. The minimum atomic E-state index is -0.334. The van der Waals surface area contributed by atoms with Crippen LogP contribution in [0.2, 0.25) is 0 Å². The molecule has 0 atom stereocenters. The SMILES string of the molecule is Cn1nc(C(=O)N2CCC(O)CC2)c2ccccc2c1=O. The first-order valence-electron chi connectivity index (χ1n) is 7.01. The zero-order valence-electron chi connectivity index (χ0n) is 11.8. The van der Waals surface area contributed by atoms with Crippen LogP contribution >= 0.6 is 0 Å². The van der Waals surface area contributed by atoms with Crippen molar-refractivity contribution in [1.82, 2.24) is 14.7 Å². The third kappa shape index (κ3) is 2.42. The predicted octanol–water partition coefficient (Wildman–Crippen LogP) is 0.530. The molecule has 0 radical (unpaired) electrons. The fraction of sp³-hybridized carbons (Fsp3) is 0.400. The highest BCUT2D eigenvalue weighted by atomic mass is 16.3. The van der Waals surface area contributed by atoms with E-state index in [2.05, 4.69) is 5.10 Å². The number of rotatable bonds is 1. The van der Waals surface area contributed by atoms with E-state index in [4.69, 9.17) is 0 Å². The molecule has 1 aromatic heterocycles. The van der Waals surface area contributed by atoms with Gasteiger partial charge < -0.3 is 10.0 Å². The third-order valence-electron chi connectivity index (χ3n) is 3.91. The maximum Gasteiger partial charge on any atom is 0.274 e. The molecule has 110 valence electrons. The number of amides is 1. The fourth-order valence-electron chi connectivity index (χ4n) is 2.68. The summed E-state index contributed by atoms with van der Waals surface area (Å²) >= 11 is 0. The number of carbonyl (C=O) groups excluding carboxylic acids is 1. The zero-order valence-corrected chi connectivity index (χ0v) is 11.8. The number of carbonyl (C=O) groups is 1. The topological polar surface area (TPSA) is 75.4 Å². The quantitative estimate of drug-likeness (QED) is 0.830. The van der Waals surface area contributed by atoms with Gasteiger partial charge in [0.2, 0.25) is 0 Å². The summed E-state index contributed by atoms with van der Waals surface area (Å²) in [4.78, 5) is 26.4. The summed E-state index contributed by atoms with van der Waals surface area (Å²) in [5.74, 6) is -0.186. The van der Waals surface area contributed by atoms with Crippen molar-refractivity contribution in [3.05, 3.63) is 40.3 Å². The van der Waals surface area contributed by atoms with Gasteiger partial charge >= 0.3 is 0 Å². The van der Waals surface area contributed by atoms with Crippen molar-refractivity contribution >= 4 is 16.7 Å². The van der Waals surface area contributed by atoms with E-state index in [-0.39, 0.29) is 17.6 Å². The fourth-order valence-corrected chi connectivity index (χ4v) is 2.68. The molecule has 1 saturated heterocycles. The van der Waals surface area contributed by atoms with Gasteiger partial charge in [0.1, 0.15) is 0 Å². The first-order valence-corrected chi connectivity index (χ1v) is 7.01. The molecule has 0 unspecified atom stereocenters. The second-order valence-electron chi connectivity index (χ2n) is 5.35. The monoisotopic (exact) mass is 287 g/mol. The number of aromatic nitrogens is 2. The molecule has 1 aromatic carbocycles. The van der Waals surface area contributed by atoms with Gasteiger partial charge in [-0.2, -0.15) is 5.10 Å². The zero-order chi connectivity index (χ0) is 15.0. The summed E-state index contributed by atoms with van der Waals surface area (Å²) < 4.78 is 1.20. The standard InChI is InChI=1S/C15H17N3O3/c1-17-14(20)12-5-3-2-4-11(12)13(16-17)15(21)18-8-6-10(19)7-9-18/h2-5,10,19H,6-9H2,1H3. The van der Waals surface area contributed by atoms with Crippen molar-refractivity contribution in [2.75, 3.05) is 13.1 Å². The number of piperidine rings is 1. The van der Waals surface area contributed by atoms with Gasteiger partial charge in [-0.25, -0.2) is 4.68 Å². The number of nitrogens with zero attached hydrogens (tertiary/aromatic N) is 3. The van der Waals surface area contributed by atoms with Crippen LogP contribution < -0.4 is 5.56 Å². The van der Waals surface area contributed by atoms with Crippen molar-refractivity contribution in [2.24, 2.45) is 7.05 Å². The Hall–Kier alpha value is -2.21. The maximum atomic E-state index is 12.7. The van der Waals surface area contributed by atoms with E-state index in [1.165, 1.54) is 4.68 Å². The number of fused-ring (bicyclic) bond motifs is 1. The van der Waals surface area contributed by atoms with E-state index >= 15 is 0 Å². The lowest BCUT2D eigenvalue weighted by atomic mass is 10.1. The van der Waals surface area contributed by atoms with Crippen LogP contribution in [0.5, 0.6) is 0 Å². The minimum absolute atomic E-state index is 0.186. The number of aliphatic hydroxyl groups excluding tert-OH is 1. The lowest BCUT2D eigenvalue weighted by Gasteiger charge is -2.29. The van der Waals surface area contributed by atoms with Gasteiger partial charge in [0, 0.05) is 25.5 Å². The molecule has 21 heavy (non-hydrogen) atoms. The van der Waals surface area contributed by atoms with Crippen LogP contribution in [0.4, 0.5) is 0 Å². The summed E-state index contributed by atoms with van der Waals surface area (Å²) in [5.41, 5.74) is 0.0836. The average Bonchev–Trinajstić information content (AvgIpc) is 2.51. The Morgan fingerprint density at radius 1 is 1.24 bits per heavy atom. The van der Waals surface area contributed by atoms with Crippen LogP contribution in [0, 0.1) is 0 Å². The molecule has 1 N–H and O–H groups in total. The van der Waals surface area contributed by atoms with E-state index < -0.39 is 0 Å². The molecule has 0 aliphatic carbocycles. The number of likely N-dealkylation sites (tertiary alicyclic amines) is 1. The van der Waals surface area contributed by atoms with Crippen molar-refractivity contribution < 1.29 is 9.90 Å². The highest BCUT2D eigenvalue weighted by molar-refractivity contribution is 6.04. The van der Waals surface area contributed by atoms with Crippen molar-refractivity contribution in [2.45, 2.75) is 18.9 Å². The molecule has 1 fully saturated rings. The van der Waals surface area contributed by atoms with Crippen LogP contribution in [0.3, 0.4) is 0 Å². The summed E-state index contributed by atoms with van der Waals surface area (Å²) in [7, 11) is 1.55. The van der Waals surface area contributed by atoms with Crippen LogP contribution in [-0.2, 0) is 7.05 Å². The van der Waals surface area contributed by atoms with Crippen molar-refractivity contribution in [1.29, 1.82) is 0 Å². The predicted molar refractivity (Wildman–Crippen MR) is 78.1 cm³/mol. The van der Waals surface area contributed by atoms with Crippen LogP contribution in [0.25, 0.3) is 10.8 Å². The number of aliphatic hydroxyl groups is 1. The van der Waals surface area contributed by atoms with E-state index in [0.29, 0.717) is 42.4 Å². The van der Waals surface area contributed by atoms with Crippen LogP contribution in [-0.4, -0.2) is 44.9 Å². The Bertz CT molecular complexity index is 745. The molecule has 1 aliphatic heterocycles. The van der Waals surface area contributed by atoms with Gasteiger partial charge in [-0.3, -0.25) is 9.59 Å². The van der Waals surface area contributed by atoms with Crippen LogP contribution in [0.1, 0.15) is 23.3 Å². The molecular formula is C15H17N3O3. The van der Waals surface area contributed by atoms with Gasteiger partial charge in [0.15, 0.2) is 5.69 Å². The summed E-state index contributed by atoms with van der Waals surface area (Å²) in [6, 6.07) is 7.02. The van der Waals surface area contributed by atoms with Gasteiger partial charge in [0.25, 0.3) is 11.5 Å². The molecule has 1 aliphatic rings. The number of hydrogen-bond acceptors (Lipinski definition) is 4. The molecule has 3 rings (SSSR count). The smallest absolute Gasteiger partial charge is 0.274 e. The normalized spacial score (nSPS) is 16.4. The maximum absolute atomic E-state index is 12.7. The Morgan fingerprint density at radius 2 is 1.86 bits per heavy atom. The summed E-state index contributed by atoms with van der Waals surface area (Å²) in [6.45, 7) is 1.03. The van der Waals surface area contributed by atoms with Crippen molar-refractivity contribution in [3.63, 3.8) is 0 Å². The molecule has 2 aromatic rings. The van der Waals surface area contributed by atoms with E-state index in [0.717, 1.165) is 0 Å². The van der Waals surface area contributed by atoms with Gasteiger partial charge in [-0.15, -0.1) is 0 Å². The first kappa shape index (κ1) is 13.8. The molecule has 0 spiro atoms. The lowest BCUT2D eigenvalue weighted by molar-refractivity contribution is 0.0541. The van der Waals surface area contributed by atoms with E-state index in [9.17, 15) is 14.7 Å². The van der Waals surface area contributed by atoms with E-state index in [1.54, 1.807) is 36.2 Å². The third-order valence-corrected chi connectivity index (χ3v) is 3.91. The average molecular weight is 287 g/mol. The van der Waals surface area contributed by atoms with Gasteiger partial charge in [0.05, 0.1) is 11.5 Å². The van der Waals surface area contributed by atoms with Gasteiger partial charge in [-0.05, 0) is 18.9 Å². The Kier molecular flexibility index (Phi) is 3.47. The van der Waals surface area contributed by atoms with Crippen molar-refractivity contribution in [3.8, 4) is 0 Å². The van der Waals surface area contributed by atoms with Gasteiger partial charge in [-0.1, -0.05) is 18.2 Å². The Morgan fingerprint density at radius 3 is 2.52 bits per heavy atom.